The molecule has 2 N–H and O–H groups in total. The Labute approximate surface area is 115 Å². The summed E-state index contributed by atoms with van der Waals surface area (Å²) in [5.74, 6) is -0.195. The third-order valence-electron chi connectivity index (χ3n) is 2.82. The van der Waals surface area contributed by atoms with Gasteiger partial charge in [0.15, 0.2) is 5.78 Å². The summed E-state index contributed by atoms with van der Waals surface area (Å²) in [6.45, 7) is 6.86. The summed E-state index contributed by atoms with van der Waals surface area (Å²) in [5.41, 5.74) is 0. The number of nitrogens with zero attached hydrogens (tertiary/aromatic N) is 1. The van der Waals surface area contributed by atoms with E-state index in [1.165, 1.54) is 6.92 Å². The minimum atomic E-state index is -0.453. The van der Waals surface area contributed by atoms with Gasteiger partial charge in [-0.2, -0.15) is 0 Å². The summed E-state index contributed by atoms with van der Waals surface area (Å²) in [6.07, 6.45) is 0. The standard InChI is InChI=1S/C13H26N2O4/c1-10(2)13(11(3)17)14-12(18)9-15(5-7-16)6-8-19-4/h10,13,16H,5-9H2,1-4H3,(H,14,18). The SMILES string of the molecule is COCCN(CCO)CC(=O)NC(C(C)=O)C(C)C. The molecular formula is C13H26N2O4. The second-order valence-electron chi connectivity index (χ2n) is 4.89. The predicted octanol–water partition coefficient (Wildman–Crippen LogP) is -0.343. The summed E-state index contributed by atoms with van der Waals surface area (Å²) in [7, 11) is 1.59. The molecule has 0 aromatic heterocycles. The van der Waals surface area contributed by atoms with Crippen molar-refractivity contribution in [3.8, 4) is 0 Å². The molecule has 0 aliphatic rings. The lowest BCUT2D eigenvalue weighted by atomic mass is 10.0. The largest absolute Gasteiger partial charge is 0.395 e. The Kier molecular flexibility index (Phi) is 9.38. The van der Waals surface area contributed by atoms with Gasteiger partial charge >= 0.3 is 0 Å². The fourth-order valence-electron chi connectivity index (χ4n) is 1.79. The molecule has 1 unspecified atom stereocenters. The van der Waals surface area contributed by atoms with Crippen LogP contribution in [0.15, 0.2) is 0 Å². The molecule has 6 heteroatoms. The molecule has 1 atom stereocenters. The van der Waals surface area contributed by atoms with E-state index in [-0.39, 0.29) is 30.8 Å². The van der Waals surface area contributed by atoms with Crippen molar-refractivity contribution in [1.82, 2.24) is 10.2 Å². The van der Waals surface area contributed by atoms with Crippen molar-refractivity contribution in [2.45, 2.75) is 26.8 Å². The second kappa shape index (κ2) is 9.89. The third kappa shape index (κ3) is 7.92. The fourth-order valence-corrected chi connectivity index (χ4v) is 1.79. The van der Waals surface area contributed by atoms with E-state index in [0.717, 1.165) is 0 Å². The lowest BCUT2D eigenvalue weighted by Gasteiger charge is -2.24. The van der Waals surface area contributed by atoms with E-state index in [0.29, 0.717) is 19.7 Å². The number of rotatable bonds is 10. The molecular weight excluding hydrogens is 248 g/mol. The summed E-state index contributed by atoms with van der Waals surface area (Å²) < 4.78 is 4.95. The number of nitrogens with one attached hydrogen (secondary N) is 1. The van der Waals surface area contributed by atoms with E-state index >= 15 is 0 Å². The van der Waals surface area contributed by atoms with Gasteiger partial charge in [-0.1, -0.05) is 13.8 Å². The summed E-state index contributed by atoms with van der Waals surface area (Å²) in [6, 6.07) is -0.453. The van der Waals surface area contributed by atoms with Gasteiger partial charge in [0.25, 0.3) is 0 Å². The topological polar surface area (TPSA) is 78.9 Å². The highest BCUT2D eigenvalue weighted by Crippen LogP contribution is 2.02. The van der Waals surface area contributed by atoms with E-state index in [1.807, 2.05) is 13.8 Å². The smallest absolute Gasteiger partial charge is 0.234 e. The second-order valence-corrected chi connectivity index (χ2v) is 4.89. The molecule has 0 rings (SSSR count). The lowest BCUT2D eigenvalue weighted by molar-refractivity contribution is -0.128. The zero-order valence-corrected chi connectivity index (χ0v) is 12.3. The van der Waals surface area contributed by atoms with Crippen LogP contribution in [0.25, 0.3) is 0 Å². The molecule has 0 aromatic rings. The molecule has 0 aromatic carbocycles. The van der Waals surface area contributed by atoms with Gasteiger partial charge in [-0.3, -0.25) is 14.5 Å². The first kappa shape index (κ1) is 18.0. The van der Waals surface area contributed by atoms with Crippen LogP contribution in [0.2, 0.25) is 0 Å². The highest BCUT2D eigenvalue weighted by molar-refractivity contribution is 5.88. The average molecular weight is 274 g/mol. The Bertz CT molecular complexity index is 282. The first-order chi connectivity index (χ1) is 8.92. The quantitative estimate of drug-likeness (QED) is 0.569. The van der Waals surface area contributed by atoms with E-state index in [4.69, 9.17) is 9.84 Å². The van der Waals surface area contributed by atoms with Crippen molar-refractivity contribution in [2.75, 3.05) is 40.0 Å². The highest BCUT2D eigenvalue weighted by Gasteiger charge is 2.21. The van der Waals surface area contributed by atoms with Gasteiger partial charge in [-0.25, -0.2) is 0 Å². The number of aliphatic hydroxyl groups is 1. The van der Waals surface area contributed by atoms with Crippen LogP contribution in [-0.2, 0) is 14.3 Å². The molecule has 0 aliphatic carbocycles. The maximum atomic E-state index is 11.9. The number of hydrogen-bond donors (Lipinski definition) is 2. The molecule has 0 aliphatic heterocycles. The van der Waals surface area contributed by atoms with Crippen molar-refractivity contribution in [3.05, 3.63) is 0 Å². The van der Waals surface area contributed by atoms with Crippen LogP contribution in [0.3, 0.4) is 0 Å². The number of methoxy groups -OCH3 is 1. The van der Waals surface area contributed by atoms with Crippen LogP contribution in [0, 0.1) is 5.92 Å². The Balaban J connectivity index is 4.34. The maximum Gasteiger partial charge on any atom is 0.234 e. The number of hydrogen-bond acceptors (Lipinski definition) is 5. The molecule has 0 saturated carbocycles. The summed E-state index contributed by atoms with van der Waals surface area (Å²) in [5, 5.41) is 11.7. The van der Waals surface area contributed by atoms with Crippen LogP contribution in [0.4, 0.5) is 0 Å². The Hall–Kier alpha value is -0.980. The van der Waals surface area contributed by atoms with Crippen LogP contribution >= 0.6 is 0 Å². The number of carbonyl (C=O) groups excluding carboxylic acids is 2. The summed E-state index contributed by atoms with van der Waals surface area (Å²) in [4.78, 5) is 25.1. The fraction of sp³-hybridized carbons (Fsp3) is 0.846. The third-order valence-corrected chi connectivity index (χ3v) is 2.82. The molecule has 1 amide bonds. The van der Waals surface area contributed by atoms with Crippen molar-refractivity contribution in [1.29, 1.82) is 0 Å². The number of ketones is 1. The van der Waals surface area contributed by atoms with Crippen LogP contribution in [0.1, 0.15) is 20.8 Å². The number of Topliss-reactive ketones (excluding diaryl/α,β-unsaturated/α-hetero) is 1. The molecule has 19 heavy (non-hydrogen) atoms. The number of aliphatic hydroxyl groups excluding tert-OH is 1. The molecule has 0 spiro atoms. The van der Waals surface area contributed by atoms with E-state index < -0.39 is 6.04 Å². The van der Waals surface area contributed by atoms with Gasteiger partial charge in [0.2, 0.25) is 5.91 Å². The van der Waals surface area contributed by atoms with Gasteiger partial charge in [0, 0.05) is 20.2 Å². The van der Waals surface area contributed by atoms with Gasteiger partial charge in [0.1, 0.15) is 0 Å². The van der Waals surface area contributed by atoms with E-state index in [9.17, 15) is 9.59 Å². The highest BCUT2D eigenvalue weighted by atomic mass is 16.5. The molecule has 0 saturated heterocycles. The molecule has 112 valence electrons. The normalized spacial score (nSPS) is 12.8. The molecule has 0 heterocycles. The van der Waals surface area contributed by atoms with E-state index in [2.05, 4.69) is 5.32 Å². The van der Waals surface area contributed by atoms with Gasteiger partial charge in [0.05, 0.1) is 25.8 Å². The Morgan fingerprint density at radius 3 is 2.37 bits per heavy atom. The Morgan fingerprint density at radius 2 is 1.95 bits per heavy atom. The monoisotopic (exact) mass is 274 g/mol. The van der Waals surface area contributed by atoms with Crippen LogP contribution < -0.4 is 5.32 Å². The maximum absolute atomic E-state index is 11.9. The minimum Gasteiger partial charge on any atom is -0.395 e. The molecule has 0 fully saturated rings. The van der Waals surface area contributed by atoms with Crippen molar-refractivity contribution in [3.63, 3.8) is 0 Å². The van der Waals surface area contributed by atoms with E-state index in [1.54, 1.807) is 12.0 Å². The van der Waals surface area contributed by atoms with Crippen molar-refractivity contribution in [2.24, 2.45) is 5.92 Å². The number of ether oxygens (including phenoxy) is 1. The summed E-state index contributed by atoms with van der Waals surface area (Å²) >= 11 is 0. The molecule has 0 bridgehead atoms. The number of carbonyl (C=O) groups is 2. The molecule has 0 radical (unpaired) electrons. The van der Waals surface area contributed by atoms with Crippen LogP contribution in [-0.4, -0.2) is 67.7 Å². The van der Waals surface area contributed by atoms with Crippen molar-refractivity contribution < 1.29 is 19.4 Å². The van der Waals surface area contributed by atoms with Gasteiger partial charge in [-0.15, -0.1) is 0 Å². The van der Waals surface area contributed by atoms with Crippen LogP contribution in [0.5, 0.6) is 0 Å². The van der Waals surface area contributed by atoms with Crippen molar-refractivity contribution >= 4 is 11.7 Å². The first-order valence-electron chi connectivity index (χ1n) is 6.54. The lowest BCUT2D eigenvalue weighted by Crippen LogP contribution is -2.48. The minimum absolute atomic E-state index is 0.0166. The number of amides is 1. The molecule has 6 nitrogen and oxygen atoms in total. The first-order valence-corrected chi connectivity index (χ1v) is 6.54. The zero-order chi connectivity index (χ0) is 14.8. The van der Waals surface area contributed by atoms with Gasteiger partial charge < -0.3 is 15.2 Å². The Morgan fingerprint density at radius 1 is 1.32 bits per heavy atom. The zero-order valence-electron chi connectivity index (χ0n) is 12.3. The van der Waals surface area contributed by atoms with Gasteiger partial charge in [-0.05, 0) is 12.8 Å². The predicted molar refractivity (Wildman–Crippen MR) is 72.9 cm³/mol. The average Bonchev–Trinajstić information content (AvgIpc) is 2.32.